The maximum atomic E-state index is 11.8. The summed E-state index contributed by atoms with van der Waals surface area (Å²) in [6, 6.07) is 1.26. The standard InChI is InChI=1S/C10H13BrN2O4S/c1-5-2-6(3-5)13-10(14)7-4-8(9(11)17-7)18(12,15)16/h4-6H,2-3H2,1H3,(H,13,14)(H2,12,15,16). The molecular formula is C10H13BrN2O4S. The number of nitrogens with one attached hydrogen (secondary N) is 1. The lowest BCUT2D eigenvalue weighted by molar-refractivity contribution is 0.0866. The van der Waals surface area contributed by atoms with Gasteiger partial charge in [0.25, 0.3) is 5.91 Å². The normalized spacial score (nSPS) is 23.5. The number of rotatable bonds is 3. The number of carbonyl (C=O) groups is 1. The van der Waals surface area contributed by atoms with Gasteiger partial charge >= 0.3 is 0 Å². The summed E-state index contributed by atoms with van der Waals surface area (Å²) >= 11 is 2.92. The van der Waals surface area contributed by atoms with E-state index in [4.69, 9.17) is 9.56 Å². The molecule has 0 radical (unpaired) electrons. The lowest BCUT2D eigenvalue weighted by Crippen LogP contribution is -2.43. The van der Waals surface area contributed by atoms with Crippen LogP contribution in [-0.4, -0.2) is 20.4 Å². The predicted octanol–water partition coefficient (Wildman–Crippen LogP) is 1.22. The number of nitrogens with two attached hydrogens (primary N) is 1. The maximum Gasteiger partial charge on any atom is 0.287 e. The molecule has 1 aromatic rings. The average Bonchev–Trinajstić information content (AvgIpc) is 2.57. The number of primary sulfonamides is 1. The average molecular weight is 337 g/mol. The fourth-order valence-electron chi connectivity index (χ4n) is 1.93. The maximum absolute atomic E-state index is 11.8. The molecule has 1 fully saturated rings. The van der Waals surface area contributed by atoms with Gasteiger partial charge in [0.05, 0.1) is 0 Å². The van der Waals surface area contributed by atoms with Gasteiger partial charge in [0.1, 0.15) is 4.90 Å². The van der Waals surface area contributed by atoms with Crippen LogP contribution < -0.4 is 10.5 Å². The summed E-state index contributed by atoms with van der Waals surface area (Å²) in [5.74, 6) is 0.117. The highest BCUT2D eigenvalue weighted by Crippen LogP contribution is 2.28. The Labute approximate surface area is 113 Å². The lowest BCUT2D eigenvalue weighted by atomic mass is 9.82. The van der Waals surface area contributed by atoms with E-state index in [-0.39, 0.29) is 21.4 Å². The number of hydrogen-bond donors (Lipinski definition) is 2. The van der Waals surface area contributed by atoms with E-state index in [1.54, 1.807) is 0 Å². The Morgan fingerprint density at radius 1 is 1.56 bits per heavy atom. The van der Waals surface area contributed by atoms with Crippen LogP contribution in [0.1, 0.15) is 30.3 Å². The van der Waals surface area contributed by atoms with Gasteiger partial charge in [0.15, 0.2) is 10.4 Å². The molecule has 0 bridgehead atoms. The molecule has 0 aliphatic heterocycles. The summed E-state index contributed by atoms with van der Waals surface area (Å²) in [4.78, 5) is 11.6. The Morgan fingerprint density at radius 2 is 2.17 bits per heavy atom. The molecule has 0 unspecified atom stereocenters. The van der Waals surface area contributed by atoms with Crippen LogP contribution in [0.5, 0.6) is 0 Å². The summed E-state index contributed by atoms with van der Waals surface area (Å²) in [5, 5.41) is 7.74. The van der Waals surface area contributed by atoms with Crippen LogP contribution in [0.2, 0.25) is 0 Å². The van der Waals surface area contributed by atoms with Crippen LogP contribution in [0.4, 0.5) is 0 Å². The molecule has 1 aromatic heterocycles. The lowest BCUT2D eigenvalue weighted by Gasteiger charge is -2.32. The number of hydrogen-bond acceptors (Lipinski definition) is 4. The number of carbonyl (C=O) groups excluding carboxylic acids is 1. The Bertz CT molecular complexity index is 575. The molecule has 100 valence electrons. The fourth-order valence-corrected chi connectivity index (χ4v) is 3.44. The van der Waals surface area contributed by atoms with Crippen LogP contribution in [0.25, 0.3) is 0 Å². The topological polar surface area (TPSA) is 102 Å². The van der Waals surface area contributed by atoms with Gasteiger partial charge in [-0.15, -0.1) is 0 Å². The van der Waals surface area contributed by atoms with E-state index in [0.29, 0.717) is 5.92 Å². The molecule has 18 heavy (non-hydrogen) atoms. The molecule has 6 nitrogen and oxygen atoms in total. The molecule has 8 heteroatoms. The highest BCUT2D eigenvalue weighted by Gasteiger charge is 2.29. The molecule has 0 aromatic carbocycles. The zero-order valence-electron chi connectivity index (χ0n) is 9.64. The Balaban J connectivity index is 2.12. The van der Waals surface area contributed by atoms with Crippen LogP contribution in [-0.2, 0) is 10.0 Å². The number of furan rings is 1. The zero-order valence-corrected chi connectivity index (χ0v) is 12.0. The molecular weight excluding hydrogens is 324 g/mol. The van der Waals surface area contributed by atoms with Crippen molar-refractivity contribution in [3.63, 3.8) is 0 Å². The largest absolute Gasteiger partial charge is 0.443 e. The zero-order chi connectivity index (χ0) is 13.5. The monoisotopic (exact) mass is 336 g/mol. The SMILES string of the molecule is CC1CC(NC(=O)c2cc(S(N)(=O)=O)c(Br)o2)C1. The first-order chi connectivity index (χ1) is 8.27. The number of amides is 1. The second kappa shape index (κ2) is 4.67. The third-order valence-electron chi connectivity index (χ3n) is 2.89. The minimum absolute atomic E-state index is 0.0582. The van der Waals surface area contributed by atoms with Crippen molar-refractivity contribution in [2.75, 3.05) is 0 Å². The first-order valence-electron chi connectivity index (χ1n) is 5.40. The first-order valence-corrected chi connectivity index (χ1v) is 7.74. The molecule has 1 aliphatic carbocycles. The quantitative estimate of drug-likeness (QED) is 0.865. The number of sulfonamides is 1. The Hall–Kier alpha value is -0.860. The Morgan fingerprint density at radius 3 is 2.61 bits per heavy atom. The van der Waals surface area contributed by atoms with Crippen molar-refractivity contribution >= 4 is 31.9 Å². The summed E-state index contributed by atoms with van der Waals surface area (Å²) < 4.78 is 27.3. The van der Waals surface area contributed by atoms with Crippen molar-refractivity contribution in [1.82, 2.24) is 5.32 Å². The molecule has 1 aliphatic rings. The molecule has 0 spiro atoms. The van der Waals surface area contributed by atoms with Gasteiger partial charge in [-0.1, -0.05) is 6.92 Å². The van der Waals surface area contributed by atoms with Crippen LogP contribution in [0.3, 0.4) is 0 Å². The smallest absolute Gasteiger partial charge is 0.287 e. The Kier molecular flexibility index (Phi) is 3.52. The van der Waals surface area contributed by atoms with Gasteiger partial charge in [0, 0.05) is 12.1 Å². The van der Waals surface area contributed by atoms with E-state index in [0.717, 1.165) is 18.9 Å². The summed E-state index contributed by atoms with van der Waals surface area (Å²) in [5.41, 5.74) is 0. The van der Waals surface area contributed by atoms with Crippen LogP contribution in [0.15, 0.2) is 20.0 Å². The van der Waals surface area contributed by atoms with Crippen molar-refractivity contribution in [1.29, 1.82) is 0 Å². The van der Waals surface area contributed by atoms with Gasteiger partial charge in [0.2, 0.25) is 10.0 Å². The molecule has 1 heterocycles. The van der Waals surface area contributed by atoms with Crippen molar-refractivity contribution < 1.29 is 17.6 Å². The van der Waals surface area contributed by atoms with Gasteiger partial charge in [-0.2, -0.15) is 0 Å². The van der Waals surface area contributed by atoms with E-state index >= 15 is 0 Å². The van der Waals surface area contributed by atoms with Crippen molar-refractivity contribution in [3.8, 4) is 0 Å². The van der Waals surface area contributed by atoms with E-state index in [9.17, 15) is 13.2 Å². The molecule has 1 saturated carbocycles. The van der Waals surface area contributed by atoms with Crippen molar-refractivity contribution in [2.45, 2.75) is 30.7 Å². The van der Waals surface area contributed by atoms with Gasteiger partial charge in [-0.05, 0) is 34.7 Å². The van der Waals surface area contributed by atoms with Gasteiger partial charge < -0.3 is 9.73 Å². The van der Waals surface area contributed by atoms with Crippen molar-refractivity contribution in [3.05, 3.63) is 16.5 Å². The summed E-state index contributed by atoms with van der Waals surface area (Å²) in [7, 11) is -3.90. The number of halogens is 1. The van der Waals surface area contributed by atoms with Crippen molar-refractivity contribution in [2.24, 2.45) is 11.1 Å². The van der Waals surface area contributed by atoms with E-state index in [1.165, 1.54) is 0 Å². The first kappa shape index (κ1) is 13.6. The van der Waals surface area contributed by atoms with Crippen LogP contribution >= 0.6 is 15.9 Å². The second-order valence-corrected chi connectivity index (χ2v) is 6.79. The summed E-state index contributed by atoms with van der Waals surface area (Å²) in [6.45, 7) is 2.10. The highest BCUT2D eigenvalue weighted by atomic mass is 79.9. The predicted molar refractivity (Wildman–Crippen MR) is 67.4 cm³/mol. The second-order valence-electron chi connectivity index (χ2n) is 4.54. The van der Waals surface area contributed by atoms with Crippen LogP contribution in [0, 0.1) is 5.92 Å². The van der Waals surface area contributed by atoms with E-state index < -0.39 is 15.9 Å². The van der Waals surface area contributed by atoms with Gasteiger partial charge in [-0.25, -0.2) is 13.6 Å². The fraction of sp³-hybridized carbons (Fsp3) is 0.500. The minimum Gasteiger partial charge on any atom is -0.443 e. The van der Waals surface area contributed by atoms with E-state index in [1.807, 2.05) is 0 Å². The van der Waals surface area contributed by atoms with E-state index in [2.05, 4.69) is 28.2 Å². The molecule has 3 N–H and O–H groups in total. The molecule has 1 amide bonds. The molecule has 0 saturated heterocycles. The third kappa shape index (κ3) is 2.76. The minimum atomic E-state index is -3.90. The highest BCUT2D eigenvalue weighted by molar-refractivity contribution is 9.10. The molecule has 0 atom stereocenters. The summed E-state index contributed by atoms with van der Waals surface area (Å²) in [6.07, 6.45) is 1.85. The van der Waals surface area contributed by atoms with Gasteiger partial charge in [-0.3, -0.25) is 4.79 Å². The molecule has 2 rings (SSSR count). The third-order valence-corrected chi connectivity index (χ3v) is 4.66.